The fraction of sp³-hybridized carbons (Fsp3) is 0.333. The molecule has 2 aromatic carbocycles. The number of rotatable bonds is 3. The van der Waals surface area contributed by atoms with Crippen molar-refractivity contribution >= 4 is 46.5 Å². The van der Waals surface area contributed by atoms with Crippen molar-refractivity contribution in [2.24, 2.45) is 4.99 Å². The molecule has 2 N–H and O–H groups in total. The molecule has 1 fully saturated rings. The number of ether oxygens (including phenoxy) is 1. The number of amides is 1. The van der Waals surface area contributed by atoms with Crippen LogP contribution in [0.15, 0.2) is 47.5 Å². The molecular formula is C21H22Cl2N4O2. The van der Waals surface area contributed by atoms with Crippen LogP contribution in [0.1, 0.15) is 28.8 Å². The molecule has 0 saturated carbocycles. The number of hydrogen-bond donors (Lipinski definition) is 2. The highest BCUT2D eigenvalue weighted by Crippen LogP contribution is 2.39. The Morgan fingerprint density at radius 3 is 2.72 bits per heavy atom. The maximum absolute atomic E-state index is 12.6. The summed E-state index contributed by atoms with van der Waals surface area (Å²) < 4.78 is 6.64. The number of carbonyl (C=O) groups is 1. The molecule has 6 nitrogen and oxygen atoms in total. The third-order valence-electron chi connectivity index (χ3n) is 5.30. The summed E-state index contributed by atoms with van der Waals surface area (Å²) in [6.07, 6.45) is 1.56. The summed E-state index contributed by atoms with van der Waals surface area (Å²) in [5.74, 6) is 0.515. The second-order valence-electron chi connectivity index (χ2n) is 7.25. The second-order valence-corrected chi connectivity index (χ2v) is 8.19. The number of carbonyl (C=O) groups excluding carboxylic acids is 1. The Morgan fingerprint density at radius 2 is 2.00 bits per heavy atom. The van der Waals surface area contributed by atoms with Gasteiger partial charge in [0.25, 0.3) is 5.91 Å². The predicted octanol–water partition coefficient (Wildman–Crippen LogP) is 4.55. The van der Waals surface area contributed by atoms with Crippen molar-refractivity contribution in [1.82, 2.24) is 4.42 Å². The Bertz CT molecular complexity index is 955. The van der Waals surface area contributed by atoms with Crippen LogP contribution in [-0.4, -0.2) is 42.0 Å². The highest BCUT2D eigenvalue weighted by Gasteiger charge is 2.42. The van der Waals surface area contributed by atoms with E-state index >= 15 is 0 Å². The molecule has 4 rings (SSSR count). The van der Waals surface area contributed by atoms with E-state index in [1.165, 1.54) is 7.05 Å². The van der Waals surface area contributed by atoms with Gasteiger partial charge in [0.1, 0.15) is 5.84 Å². The lowest BCUT2D eigenvalue weighted by Gasteiger charge is -2.44. The molecule has 2 aliphatic rings. The molecule has 2 aromatic rings. The molecule has 2 aliphatic heterocycles. The van der Waals surface area contributed by atoms with Gasteiger partial charge in [0.15, 0.2) is 0 Å². The molecule has 0 aliphatic carbocycles. The van der Waals surface area contributed by atoms with Crippen LogP contribution in [0.2, 0.25) is 5.02 Å². The van der Waals surface area contributed by atoms with Gasteiger partial charge in [-0.1, -0.05) is 29.8 Å². The van der Waals surface area contributed by atoms with Crippen molar-refractivity contribution in [2.75, 3.05) is 30.9 Å². The van der Waals surface area contributed by atoms with Gasteiger partial charge in [-0.3, -0.25) is 14.2 Å². The number of para-hydroxylation sites is 1. The summed E-state index contributed by atoms with van der Waals surface area (Å²) in [5, 5.41) is 7.75. The van der Waals surface area contributed by atoms with Crippen molar-refractivity contribution in [3.8, 4) is 0 Å². The molecule has 0 radical (unpaired) electrons. The number of halogens is 2. The molecule has 152 valence electrons. The molecule has 0 aromatic heterocycles. The van der Waals surface area contributed by atoms with Gasteiger partial charge < -0.3 is 15.4 Å². The van der Waals surface area contributed by atoms with E-state index in [1.54, 1.807) is 6.07 Å². The second kappa shape index (κ2) is 8.22. The number of aliphatic imine (C=N–C) groups is 1. The standard InChI is InChI=1S/C21H22Cl2N4O2/c1-27(23)19(28)16-6-3-7-17-18(16)25-20(21(26-17)8-10-29-11-9-21)24-13-14-4-2-5-15(22)12-14/h2-7,12,26H,8-11,13H2,1H3,(H,24,25). The lowest BCUT2D eigenvalue weighted by atomic mass is 9.85. The van der Waals surface area contributed by atoms with E-state index in [2.05, 4.69) is 10.6 Å². The van der Waals surface area contributed by atoms with Crippen LogP contribution in [0.5, 0.6) is 0 Å². The van der Waals surface area contributed by atoms with Gasteiger partial charge in [-0.15, -0.1) is 0 Å². The summed E-state index contributed by atoms with van der Waals surface area (Å²) in [6, 6.07) is 13.2. The fourth-order valence-electron chi connectivity index (χ4n) is 3.77. The Balaban J connectivity index is 1.73. The van der Waals surface area contributed by atoms with E-state index in [4.69, 9.17) is 33.1 Å². The Kier molecular flexibility index (Phi) is 5.67. The summed E-state index contributed by atoms with van der Waals surface area (Å²) >= 11 is 12.0. The largest absolute Gasteiger partial charge is 0.381 e. The minimum absolute atomic E-state index is 0.282. The highest BCUT2D eigenvalue weighted by atomic mass is 35.5. The molecule has 2 heterocycles. The molecule has 1 amide bonds. The zero-order chi connectivity index (χ0) is 20.4. The number of hydrogen-bond acceptors (Lipinski definition) is 4. The van der Waals surface area contributed by atoms with Crippen molar-refractivity contribution in [3.63, 3.8) is 0 Å². The maximum atomic E-state index is 12.6. The molecule has 0 atom stereocenters. The van der Waals surface area contributed by atoms with Crippen LogP contribution in [0.25, 0.3) is 0 Å². The van der Waals surface area contributed by atoms with Gasteiger partial charge in [-0.25, -0.2) is 0 Å². The average molecular weight is 433 g/mol. The SMILES string of the molecule is CN(Cl)C(=O)c1cccc2c1NC(=NCc1cccc(Cl)c1)C1(CCOCC1)N2. The Morgan fingerprint density at radius 1 is 1.24 bits per heavy atom. The van der Waals surface area contributed by atoms with Gasteiger partial charge in [-0.05, 0) is 29.8 Å². The first-order valence-electron chi connectivity index (χ1n) is 9.48. The van der Waals surface area contributed by atoms with Crippen LogP contribution in [0.3, 0.4) is 0 Å². The van der Waals surface area contributed by atoms with E-state index in [0.29, 0.717) is 36.0 Å². The van der Waals surface area contributed by atoms with Gasteiger partial charge in [0.2, 0.25) is 0 Å². The van der Waals surface area contributed by atoms with Gasteiger partial charge in [0.05, 0.1) is 29.0 Å². The monoisotopic (exact) mass is 432 g/mol. The van der Waals surface area contributed by atoms with Crippen molar-refractivity contribution in [3.05, 3.63) is 58.6 Å². The number of fused-ring (bicyclic) bond motifs is 1. The smallest absolute Gasteiger partial charge is 0.270 e. The zero-order valence-electron chi connectivity index (χ0n) is 16.0. The number of nitrogens with one attached hydrogen (secondary N) is 2. The number of anilines is 2. The minimum Gasteiger partial charge on any atom is -0.381 e. The lowest BCUT2D eigenvalue weighted by molar-refractivity contribution is 0.0777. The van der Waals surface area contributed by atoms with E-state index in [-0.39, 0.29) is 11.4 Å². The molecule has 0 bridgehead atoms. The van der Waals surface area contributed by atoms with Crippen molar-refractivity contribution in [1.29, 1.82) is 0 Å². The van der Waals surface area contributed by atoms with Crippen LogP contribution in [0.4, 0.5) is 11.4 Å². The van der Waals surface area contributed by atoms with E-state index < -0.39 is 0 Å². The van der Waals surface area contributed by atoms with Crippen molar-refractivity contribution in [2.45, 2.75) is 24.9 Å². The number of amidine groups is 1. The van der Waals surface area contributed by atoms with Crippen LogP contribution in [0, 0.1) is 0 Å². The summed E-state index contributed by atoms with van der Waals surface area (Å²) in [7, 11) is 1.52. The molecule has 1 saturated heterocycles. The third kappa shape index (κ3) is 4.06. The van der Waals surface area contributed by atoms with Gasteiger partial charge in [0, 0.05) is 49.9 Å². The molecule has 1 spiro atoms. The number of nitrogens with zero attached hydrogens (tertiary/aromatic N) is 2. The highest BCUT2D eigenvalue weighted by molar-refractivity contribution is 6.30. The lowest BCUT2D eigenvalue weighted by Crippen LogP contribution is -2.56. The summed E-state index contributed by atoms with van der Waals surface area (Å²) in [6.45, 7) is 1.76. The average Bonchev–Trinajstić information content (AvgIpc) is 2.72. The fourth-order valence-corrected chi connectivity index (χ4v) is 4.07. The molecule has 29 heavy (non-hydrogen) atoms. The summed E-state index contributed by atoms with van der Waals surface area (Å²) in [4.78, 5) is 17.4. The van der Waals surface area contributed by atoms with E-state index in [9.17, 15) is 4.79 Å². The van der Waals surface area contributed by atoms with Crippen LogP contribution in [-0.2, 0) is 11.3 Å². The predicted molar refractivity (Wildman–Crippen MR) is 117 cm³/mol. The van der Waals surface area contributed by atoms with E-state index in [0.717, 1.165) is 34.3 Å². The zero-order valence-corrected chi connectivity index (χ0v) is 17.6. The Labute approximate surface area is 180 Å². The van der Waals surface area contributed by atoms with Crippen LogP contribution < -0.4 is 10.6 Å². The first-order valence-corrected chi connectivity index (χ1v) is 10.2. The van der Waals surface area contributed by atoms with Crippen molar-refractivity contribution < 1.29 is 9.53 Å². The third-order valence-corrected chi connectivity index (χ3v) is 5.69. The van der Waals surface area contributed by atoms with E-state index in [1.807, 2.05) is 36.4 Å². The molecular weight excluding hydrogens is 411 g/mol. The first kappa shape index (κ1) is 20.0. The number of benzene rings is 2. The minimum atomic E-state index is -0.363. The first-order chi connectivity index (χ1) is 14.0. The molecule has 8 heteroatoms. The van der Waals surface area contributed by atoms with Crippen LogP contribution >= 0.6 is 23.4 Å². The topological polar surface area (TPSA) is 66.0 Å². The normalized spacial score (nSPS) is 18.7. The van der Waals surface area contributed by atoms with Gasteiger partial charge in [-0.2, -0.15) is 0 Å². The molecule has 0 unspecified atom stereocenters. The summed E-state index contributed by atoms with van der Waals surface area (Å²) in [5.41, 5.74) is 2.69. The quantitative estimate of drug-likeness (QED) is 0.697. The Hall–Kier alpha value is -2.28. The van der Waals surface area contributed by atoms with Gasteiger partial charge >= 0.3 is 0 Å². The maximum Gasteiger partial charge on any atom is 0.270 e.